The molecule has 4 atom stereocenters. The van der Waals surface area contributed by atoms with E-state index < -0.39 is 100 Å². The van der Waals surface area contributed by atoms with Crippen LogP contribution in [0.3, 0.4) is 0 Å². The maximum absolute atomic E-state index is 14.1. The lowest BCUT2D eigenvalue weighted by molar-refractivity contribution is -0.129. The zero-order chi connectivity index (χ0) is 47.5. The van der Waals surface area contributed by atoms with Crippen LogP contribution in [0, 0.1) is 17.6 Å². The summed E-state index contributed by atoms with van der Waals surface area (Å²) in [5.74, 6) is -7.86. The van der Waals surface area contributed by atoms with Gasteiger partial charge in [-0.05, 0) is 54.8 Å². The number of amides is 4. The van der Waals surface area contributed by atoms with Crippen molar-refractivity contribution >= 4 is 57.0 Å². The average molecular weight is 910 g/mol. The van der Waals surface area contributed by atoms with E-state index in [0.29, 0.717) is 6.07 Å². The van der Waals surface area contributed by atoms with Gasteiger partial charge in [-0.15, -0.1) is 0 Å². The molecule has 17 nitrogen and oxygen atoms in total. The number of nitrogens with zero attached hydrogens (tertiary/aromatic N) is 1. The summed E-state index contributed by atoms with van der Waals surface area (Å²) >= 11 is 0. The van der Waals surface area contributed by atoms with Gasteiger partial charge in [0.1, 0.15) is 30.0 Å². The molecule has 5 N–H and O–H groups in total. The lowest BCUT2D eigenvalue weighted by Crippen LogP contribution is -2.51. The summed E-state index contributed by atoms with van der Waals surface area (Å²) in [4.78, 5) is 79.2. The fraction of sp³-hybridized carbons (Fsp3) is 0.318. The summed E-state index contributed by atoms with van der Waals surface area (Å²) in [6.07, 6.45) is -1.68. The number of ether oxygens (including phenoxy) is 3. The molecule has 0 bridgehead atoms. The number of hydrogen-bond acceptors (Lipinski definition) is 12. The molecule has 0 aliphatic carbocycles. The Labute approximate surface area is 368 Å². The van der Waals surface area contributed by atoms with Crippen LogP contribution in [0.5, 0.6) is 5.75 Å². The summed E-state index contributed by atoms with van der Waals surface area (Å²) in [7, 11) is -0.464. The van der Waals surface area contributed by atoms with Gasteiger partial charge in [0.25, 0.3) is 11.8 Å². The molecule has 20 heteroatoms. The van der Waals surface area contributed by atoms with Gasteiger partial charge in [0, 0.05) is 42.1 Å². The molecular weight excluding hydrogens is 861 g/mol. The minimum Gasteiger partial charge on any atom is -0.491 e. The third-order valence-corrected chi connectivity index (χ3v) is 10.9. The highest BCUT2D eigenvalue weighted by Crippen LogP contribution is 2.24. The highest BCUT2D eigenvalue weighted by molar-refractivity contribution is 7.92. The second-order valence-corrected chi connectivity index (χ2v) is 16.9. The quantitative estimate of drug-likeness (QED) is 0.0836. The molecule has 0 aliphatic rings. The maximum Gasteiger partial charge on any atom is 0.337 e. The highest BCUT2D eigenvalue weighted by atomic mass is 32.2. The van der Waals surface area contributed by atoms with Gasteiger partial charge >= 0.3 is 11.9 Å². The van der Waals surface area contributed by atoms with E-state index in [9.17, 15) is 51.1 Å². The molecule has 4 aromatic rings. The molecule has 0 radical (unpaired) electrons. The van der Waals surface area contributed by atoms with Crippen molar-refractivity contribution < 1.29 is 65.3 Å². The zero-order valence-corrected chi connectivity index (χ0v) is 36.7. The molecule has 64 heavy (non-hydrogen) atoms. The first-order chi connectivity index (χ1) is 30.1. The summed E-state index contributed by atoms with van der Waals surface area (Å²) in [5.41, 5.74) is 0.130. The van der Waals surface area contributed by atoms with Crippen molar-refractivity contribution in [2.75, 3.05) is 43.8 Å². The first-order valence-corrected chi connectivity index (χ1v) is 21.4. The molecular formula is C44H49F2N5O12S. The summed E-state index contributed by atoms with van der Waals surface area (Å²) in [6, 6.07) is 15.2. The Balaban J connectivity index is 1.61. The van der Waals surface area contributed by atoms with Crippen molar-refractivity contribution in [2.24, 2.45) is 5.92 Å². The van der Waals surface area contributed by atoms with Crippen LogP contribution in [0.2, 0.25) is 0 Å². The Morgan fingerprint density at radius 1 is 0.734 bits per heavy atom. The smallest absolute Gasteiger partial charge is 0.337 e. The molecule has 0 aromatic heterocycles. The molecule has 0 fully saturated rings. The number of esters is 2. The van der Waals surface area contributed by atoms with Gasteiger partial charge in [-0.1, -0.05) is 44.2 Å². The maximum atomic E-state index is 14.1. The Morgan fingerprint density at radius 3 is 1.78 bits per heavy atom. The summed E-state index contributed by atoms with van der Waals surface area (Å²) < 4.78 is 69.1. The molecule has 0 spiro atoms. The Morgan fingerprint density at radius 2 is 1.27 bits per heavy atom. The Kier molecular flexibility index (Phi) is 17.0. The monoisotopic (exact) mass is 909 g/mol. The number of benzene rings is 4. The van der Waals surface area contributed by atoms with Crippen LogP contribution >= 0.6 is 0 Å². The Hall–Kier alpha value is -6.93. The van der Waals surface area contributed by atoms with E-state index in [1.165, 1.54) is 43.4 Å². The number of carbonyl (C=O) groups is 6. The van der Waals surface area contributed by atoms with Gasteiger partial charge in [0.05, 0.1) is 61.9 Å². The van der Waals surface area contributed by atoms with Crippen LogP contribution in [-0.4, -0.2) is 101 Å². The van der Waals surface area contributed by atoms with Gasteiger partial charge < -0.3 is 40.6 Å². The lowest BCUT2D eigenvalue weighted by atomic mass is 10.0. The largest absolute Gasteiger partial charge is 0.491 e. The van der Waals surface area contributed by atoms with Gasteiger partial charge in [0.2, 0.25) is 21.8 Å². The fourth-order valence-corrected chi connectivity index (χ4v) is 6.63. The van der Waals surface area contributed by atoms with E-state index in [4.69, 9.17) is 14.2 Å². The minimum absolute atomic E-state index is 0.0138. The normalized spacial score (nSPS) is 13.0. The second-order valence-electron chi connectivity index (χ2n) is 14.9. The molecule has 0 unspecified atom stereocenters. The van der Waals surface area contributed by atoms with Crippen LogP contribution in [-0.2, 0) is 29.1 Å². The van der Waals surface area contributed by atoms with E-state index in [-0.39, 0.29) is 39.4 Å². The van der Waals surface area contributed by atoms with Crippen LogP contribution in [0.4, 0.5) is 20.2 Å². The van der Waals surface area contributed by atoms with Gasteiger partial charge in [-0.25, -0.2) is 26.8 Å². The van der Waals surface area contributed by atoms with Crippen molar-refractivity contribution in [2.45, 2.75) is 51.4 Å². The van der Waals surface area contributed by atoms with E-state index in [1.807, 2.05) is 0 Å². The molecule has 4 rings (SSSR count). The van der Waals surface area contributed by atoms with Crippen molar-refractivity contribution in [3.8, 4) is 5.75 Å². The molecule has 0 aliphatic heterocycles. The zero-order valence-electron chi connectivity index (χ0n) is 35.9. The standard InChI is InChI=1S/C44H49F2N5O12S/c1-24(2)39(42(56)48-33-15-29(43(57)61-5)14-30(16-33)44(58)62-6)50-38(53)22-37(52)36(23-63-35-20-31(45)19-32(46)21-35)49-41(55)28-13-27(17-34(18-28)51(4)64(7,59)60)40(54)47-25(3)26-11-9-8-10-12-26/h8-21,24-25,36-37,39,52H,22-23H2,1-7H3,(H,47,54)(H,48,56)(H,49,55)(H,50,53)/t25-,36+,37+,39+/m1/s1. The fourth-order valence-electron chi connectivity index (χ4n) is 6.14. The second kappa shape index (κ2) is 21.9. The number of nitrogens with one attached hydrogen (secondary N) is 4. The number of aliphatic hydroxyl groups is 1. The minimum atomic E-state index is -3.92. The number of rotatable bonds is 19. The summed E-state index contributed by atoms with van der Waals surface area (Å²) in [5, 5.41) is 21.8. The van der Waals surface area contributed by atoms with Crippen molar-refractivity contribution in [3.63, 3.8) is 0 Å². The van der Waals surface area contributed by atoms with Gasteiger partial charge in [-0.2, -0.15) is 0 Å². The van der Waals surface area contributed by atoms with Crippen LogP contribution in [0.1, 0.15) is 80.2 Å². The predicted molar refractivity (Wildman–Crippen MR) is 230 cm³/mol. The van der Waals surface area contributed by atoms with Crippen LogP contribution < -0.4 is 30.3 Å². The van der Waals surface area contributed by atoms with E-state index in [0.717, 1.165) is 42.5 Å². The molecule has 0 saturated carbocycles. The first-order valence-electron chi connectivity index (χ1n) is 19.5. The molecule has 4 aromatic carbocycles. The van der Waals surface area contributed by atoms with Crippen molar-refractivity contribution in [1.82, 2.24) is 16.0 Å². The topological polar surface area (TPSA) is 236 Å². The van der Waals surface area contributed by atoms with Crippen LogP contribution in [0.15, 0.2) is 84.9 Å². The highest BCUT2D eigenvalue weighted by Gasteiger charge is 2.30. The third kappa shape index (κ3) is 13.8. The lowest BCUT2D eigenvalue weighted by Gasteiger charge is -2.26. The van der Waals surface area contributed by atoms with Gasteiger partial charge in [0.15, 0.2) is 0 Å². The predicted octanol–water partition coefficient (Wildman–Crippen LogP) is 4.13. The molecule has 0 heterocycles. The average Bonchev–Trinajstić information content (AvgIpc) is 3.24. The third-order valence-electron chi connectivity index (χ3n) is 9.70. The summed E-state index contributed by atoms with van der Waals surface area (Å²) in [6.45, 7) is 4.25. The number of carbonyl (C=O) groups excluding carboxylic acids is 6. The van der Waals surface area contributed by atoms with Crippen LogP contribution in [0.25, 0.3) is 0 Å². The number of anilines is 2. The first kappa shape index (κ1) is 49.7. The molecule has 342 valence electrons. The van der Waals surface area contributed by atoms with E-state index in [2.05, 4.69) is 21.3 Å². The SMILES string of the molecule is COC(=O)c1cc(NC(=O)[C@@H](NC(=O)C[C@H](O)[C@H](COc2cc(F)cc(F)c2)NC(=O)c2cc(C(=O)N[C@H](C)c3ccccc3)cc(N(C)S(C)(=O)=O)c2)C(C)C)cc(C(=O)OC)c1. The van der Waals surface area contributed by atoms with E-state index in [1.54, 1.807) is 51.1 Å². The van der Waals surface area contributed by atoms with Gasteiger partial charge in [-0.3, -0.25) is 23.5 Å². The number of methoxy groups -OCH3 is 2. The number of halogens is 2. The van der Waals surface area contributed by atoms with Crippen molar-refractivity contribution in [1.29, 1.82) is 0 Å². The molecule has 0 saturated heterocycles. The number of aliphatic hydroxyl groups excluding tert-OH is 1. The van der Waals surface area contributed by atoms with Crippen molar-refractivity contribution in [3.05, 3.63) is 124 Å². The number of sulfonamides is 1. The number of hydrogen-bond donors (Lipinski definition) is 5. The Bertz CT molecular complexity index is 2440. The van der Waals surface area contributed by atoms with E-state index >= 15 is 0 Å². The molecule has 4 amide bonds.